The molecule has 2 aromatic heterocycles. The first-order valence-electron chi connectivity index (χ1n) is 7.56. The lowest BCUT2D eigenvalue weighted by molar-refractivity contribution is -0.141. The van der Waals surface area contributed by atoms with E-state index >= 15 is 0 Å². The number of carbonyl (C=O) groups is 1. The van der Waals surface area contributed by atoms with E-state index in [1.54, 1.807) is 18.2 Å². The molecule has 27 heavy (non-hydrogen) atoms. The molecule has 140 valence electrons. The summed E-state index contributed by atoms with van der Waals surface area (Å²) in [6.07, 6.45) is -1.90. The SMILES string of the molecule is O=C(NCc1cc(C(F)(F)F)nn1-c1cccc(Cl)c1)Nc1ccnnc1. The Hall–Kier alpha value is -3.14. The summed E-state index contributed by atoms with van der Waals surface area (Å²) in [6, 6.07) is 7.99. The highest BCUT2D eigenvalue weighted by molar-refractivity contribution is 6.30. The van der Waals surface area contributed by atoms with E-state index in [0.29, 0.717) is 16.4 Å². The molecule has 11 heteroatoms. The van der Waals surface area contributed by atoms with Crippen molar-refractivity contribution in [2.75, 3.05) is 5.32 Å². The predicted molar refractivity (Wildman–Crippen MR) is 91.5 cm³/mol. The molecule has 2 heterocycles. The minimum Gasteiger partial charge on any atom is -0.332 e. The van der Waals surface area contributed by atoms with Crippen LogP contribution in [-0.4, -0.2) is 26.0 Å². The number of rotatable bonds is 4. The Morgan fingerprint density at radius 2 is 2.00 bits per heavy atom. The summed E-state index contributed by atoms with van der Waals surface area (Å²) in [4.78, 5) is 11.9. The van der Waals surface area contributed by atoms with Crippen molar-refractivity contribution < 1.29 is 18.0 Å². The van der Waals surface area contributed by atoms with Gasteiger partial charge in [0, 0.05) is 5.02 Å². The number of halogens is 4. The van der Waals surface area contributed by atoms with Crippen molar-refractivity contribution in [1.29, 1.82) is 0 Å². The maximum absolute atomic E-state index is 13.0. The Morgan fingerprint density at radius 1 is 1.19 bits per heavy atom. The first-order chi connectivity index (χ1) is 12.8. The number of nitrogens with one attached hydrogen (secondary N) is 2. The highest BCUT2D eigenvalue weighted by Gasteiger charge is 2.35. The van der Waals surface area contributed by atoms with E-state index in [1.807, 2.05) is 0 Å². The summed E-state index contributed by atoms with van der Waals surface area (Å²) in [5.41, 5.74) is -0.207. The van der Waals surface area contributed by atoms with E-state index in [2.05, 4.69) is 25.9 Å². The third-order valence-corrected chi connectivity index (χ3v) is 3.63. The van der Waals surface area contributed by atoms with Crippen LogP contribution >= 0.6 is 11.6 Å². The van der Waals surface area contributed by atoms with Crippen LogP contribution in [0.4, 0.5) is 23.7 Å². The maximum atomic E-state index is 13.0. The highest BCUT2D eigenvalue weighted by Crippen LogP contribution is 2.30. The van der Waals surface area contributed by atoms with E-state index in [4.69, 9.17) is 11.6 Å². The normalized spacial score (nSPS) is 11.3. The molecule has 7 nitrogen and oxygen atoms in total. The smallest absolute Gasteiger partial charge is 0.332 e. The van der Waals surface area contributed by atoms with Gasteiger partial charge in [0.15, 0.2) is 5.69 Å². The van der Waals surface area contributed by atoms with Gasteiger partial charge >= 0.3 is 12.2 Å². The van der Waals surface area contributed by atoms with Gasteiger partial charge in [-0.25, -0.2) is 9.48 Å². The van der Waals surface area contributed by atoms with Crippen molar-refractivity contribution in [1.82, 2.24) is 25.3 Å². The van der Waals surface area contributed by atoms with Crippen LogP contribution in [0.1, 0.15) is 11.4 Å². The third kappa shape index (κ3) is 4.73. The summed E-state index contributed by atoms with van der Waals surface area (Å²) >= 11 is 5.91. The van der Waals surface area contributed by atoms with Gasteiger partial charge < -0.3 is 10.6 Å². The van der Waals surface area contributed by atoms with E-state index in [-0.39, 0.29) is 12.2 Å². The van der Waals surface area contributed by atoms with Crippen molar-refractivity contribution in [2.45, 2.75) is 12.7 Å². The highest BCUT2D eigenvalue weighted by atomic mass is 35.5. The molecule has 3 rings (SSSR count). The summed E-state index contributed by atoms with van der Waals surface area (Å²) in [7, 11) is 0. The number of hydrogen-bond donors (Lipinski definition) is 2. The van der Waals surface area contributed by atoms with Crippen LogP contribution in [0.25, 0.3) is 5.69 Å². The number of amides is 2. The zero-order valence-electron chi connectivity index (χ0n) is 13.5. The number of hydrogen-bond acceptors (Lipinski definition) is 4. The second-order valence-corrected chi connectivity index (χ2v) is 5.79. The lowest BCUT2D eigenvalue weighted by atomic mass is 10.3. The van der Waals surface area contributed by atoms with Crippen LogP contribution in [0, 0.1) is 0 Å². The predicted octanol–water partition coefficient (Wildman–Crippen LogP) is 3.66. The zero-order valence-corrected chi connectivity index (χ0v) is 14.3. The summed E-state index contributed by atoms with van der Waals surface area (Å²) in [6.45, 7) is -0.195. The lowest BCUT2D eigenvalue weighted by Crippen LogP contribution is -2.29. The quantitative estimate of drug-likeness (QED) is 0.705. The van der Waals surface area contributed by atoms with Crippen LogP contribution in [-0.2, 0) is 12.7 Å². The van der Waals surface area contributed by atoms with Gasteiger partial charge in [-0.15, -0.1) is 0 Å². The summed E-state index contributed by atoms with van der Waals surface area (Å²) in [5, 5.41) is 16.1. The van der Waals surface area contributed by atoms with Crippen LogP contribution in [0.5, 0.6) is 0 Å². The number of anilines is 1. The molecule has 0 saturated heterocycles. The Labute approximate surface area is 156 Å². The van der Waals surface area contributed by atoms with Crippen LogP contribution in [0.15, 0.2) is 48.8 Å². The number of urea groups is 1. The van der Waals surface area contributed by atoms with Crippen LogP contribution in [0.2, 0.25) is 5.02 Å². The fraction of sp³-hybridized carbons (Fsp3) is 0.125. The van der Waals surface area contributed by atoms with Gasteiger partial charge in [-0.05, 0) is 30.3 Å². The fourth-order valence-corrected chi connectivity index (χ4v) is 2.41. The molecule has 2 amide bonds. The minimum absolute atomic E-state index is 0.132. The standard InChI is InChI=1S/C16H12ClF3N6O/c17-10-2-1-3-12(6-10)26-13(7-14(25-26)16(18,19)20)9-21-15(27)24-11-4-5-22-23-8-11/h1-8H,9H2,(H2,21,22,24,27). The Balaban J connectivity index is 1.81. The average molecular weight is 397 g/mol. The van der Waals surface area contributed by atoms with Crippen molar-refractivity contribution in [3.8, 4) is 5.69 Å². The lowest BCUT2D eigenvalue weighted by Gasteiger charge is -2.10. The van der Waals surface area contributed by atoms with Gasteiger partial charge in [0.1, 0.15) is 0 Å². The molecule has 0 aliphatic rings. The number of aromatic nitrogens is 4. The summed E-state index contributed by atoms with van der Waals surface area (Å²) in [5.74, 6) is 0. The number of alkyl halides is 3. The molecule has 0 aliphatic carbocycles. The topological polar surface area (TPSA) is 84.7 Å². The number of benzene rings is 1. The van der Waals surface area contributed by atoms with Crippen molar-refractivity contribution in [3.05, 3.63) is 65.2 Å². The van der Waals surface area contributed by atoms with E-state index in [9.17, 15) is 18.0 Å². The molecule has 0 bridgehead atoms. The molecule has 0 aliphatic heterocycles. The molecule has 3 aromatic rings. The molecule has 0 saturated carbocycles. The van der Waals surface area contributed by atoms with Gasteiger partial charge in [-0.3, -0.25) is 0 Å². The third-order valence-electron chi connectivity index (χ3n) is 3.40. The minimum atomic E-state index is -4.62. The van der Waals surface area contributed by atoms with Gasteiger partial charge in [0.05, 0.1) is 36.0 Å². The zero-order chi connectivity index (χ0) is 19.4. The largest absolute Gasteiger partial charge is 0.435 e. The van der Waals surface area contributed by atoms with Crippen LogP contribution < -0.4 is 10.6 Å². The number of carbonyl (C=O) groups excluding carboxylic acids is 1. The Kier molecular flexibility index (Phi) is 5.26. The van der Waals surface area contributed by atoms with E-state index in [0.717, 1.165) is 10.7 Å². The molecule has 0 radical (unpaired) electrons. The molecule has 0 unspecified atom stereocenters. The van der Waals surface area contributed by atoms with Gasteiger partial charge in [0.2, 0.25) is 0 Å². The van der Waals surface area contributed by atoms with Gasteiger partial charge in [0.25, 0.3) is 0 Å². The molecule has 0 fully saturated rings. The van der Waals surface area contributed by atoms with Crippen molar-refractivity contribution >= 4 is 23.3 Å². The van der Waals surface area contributed by atoms with E-state index in [1.165, 1.54) is 24.5 Å². The Morgan fingerprint density at radius 3 is 2.67 bits per heavy atom. The second kappa shape index (κ2) is 7.62. The Bertz CT molecular complexity index is 945. The van der Waals surface area contributed by atoms with Gasteiger partial charge in [-0.1, -0.05) is 17.7 Å². The molecular formula is C16H12ClF3N6O. The number of nitrogens with zero attached hydrogens (tertiary/aromatic N) is 4. The van der Waals surface area contributed by atoms with E-state index < -0.39 is 17.9 Å². The first-order valence-corrected chi connectivity index (χ1v) is 7.94. The molecule has 1 aromatic carbocycles. The monoisotopic (exact) mass is 396 g/mol. The van der Waals surface area contributed by atoms with Crippen molar-refractivity contribution in [2.24, 2.45) is 0 Å². The molecule has 2 N–H and O–H groups in total. The maximum Gasteiger partial charge on any atom is 0.435 e. The van der Waals surface area contributed by atoms with Crippen molar-refractivity contribution in [3.63, 3.8) is 0 Å². The second-order valence-electron chi connectivity index (χ2n) is 5.35. The van der Waals surface area contributed by atoms with Gasteiger partial charge in [-0.2, -0.15) is 28.5 Å². The first kappa shape index (κ1) is 18.6. The molecule has 0 spiro atoms. The average Bonchev–Trinajstić information content (AvgIpc) is 3.05. The summed E-state index contributed by atoms with van der Waals surface area (Å²) < 4.78 is 40.2. The molecule has 0 atom stereocenters. The fourth-order valence-electron chi connectivity index (χ4n) is 2.23. The van der Waals surface area contributed by atoms with Crippen LogP contribution in [0.3, 0.4) is 0 Å². The molecular weight excluding hydrogens is 385 g/mol.